The van der Waals surface area contributed by atoms with Crippen molar-refractivity contribution in [2.75, 3.05) is 9.80 Å². The first-order valence-electron chi connectivity index (χ1n) is 23.3. The first-order chi connectivity index (χ1) is 32.9. The van der Waals surface area contributed by atoms with Gasteiger partial charge in [0.1, 0.15) is 22.3 Å². The Morgan fingerprint density at radius 2 is 0.627 bits per heavy atom. The van der Waals surface area contributed by atoms with Crippen LogP contribution < -0.4 is 9.80 Å². The zero-order valence-electron chi connectivity index (χ0n) is 37.7. The van der Waals surface area contributed by atoms with Crippen LogP contribution in [0.25, 0.3) is 87.4 Å². The minimum absolute atomic E-state index is 0.395. The summed E-state index contributed by atoms with van der Waals surface area (Å²) in [5, 5.41) is 10.6. The first kappa shape index (κ1) is 39.1. The van der Waals surface area contributed by atoms with E-state index in [0.29, 0.717) is 11.8 Å². The average Bonchev–Trinajstić information content (AvgIpc) is 4.07. The number of nitrogens with zero attached hydrogens (tertiary/aromatic N) is 2. The van der Waals surface area contributed by atoms with Crippen LogP contribution in [0.4, 0.5) is 34.1 Å². The molecule has 322 valence electrons. The predicted molar refractivity (Wildman–Crippen MR) is 281 cm³/mol. The number of hydrogen-bond acceptors (Lipinski definition) is 5. The van der Waals surface area contributed by atoms with Crippen molar-refractivity contribution >= 4 is 121 Å². The Labute approximate surface area is 387 Å². The minimum atomic E-state index is 0.395. The monoisotopic (exact) mass is 866 g/mol. The van der Waals surface area contributed by atoms with E-state index in [2.05, 4.69) is 219 Å². The van der Waals surface area contributed by atoms with Crippen molar-refractivity contribution in [3.8, 4) is 0 Å². The summed E-state index contributed by atoms with van der Waals surface area (Å²) >= 11 is 0. The van der Waals surface area contributed by atoms with Crippen LogP contribution in [0, 0.1) is 0 Å². The molecule has 0 unspecified atom stereocenters. The van der Waals surface area contributed by atoms with Crippen molar-refractivity contribution in [2.24, 2.45) is 0 Å². The third-order valence-electron chi connectivity index (χ3n) is 13.8. The molecule has 0 aliphatic rings. The molecule has 67 heavy (non-hydrogen) atoms. The van der Waals surface area contributed by atoms with Gasteiger partial charge in [0.25, 0.3) is 0 Å². The van der Waals surface area contributed by atoms with Crippen molar-refractivity contribution in [3.05, 3.63) is 205 Å². The molecule has 0 saturated carbocycles. The second kappa shape index (κ2) is 15.1. The molecule has 3 aromatic heterocycles. The van der Waals surface area contributed by atoms with Gasteiger partial charge in [0.2, 0.25) is 0 Å². The molecule has 0 atom stereocenters. The van der Waals surface area contributed by atoms with Crippen LogP contribution in [0.15, 0.2) is 207 Å². The number of para-hydroxylation sites is 4. The van der Waals surface area contributed by atoms with E-state index < -0.39 is 0 Å². The highest BCUT2D eigenvalue weighted by Gasteiger charge is 2.27. The summed E-state index contributed by atoms with van der Waals surface area (Å²) in [7, 11) is 0. The molecular formula is C62H46N2O3. The van der Waals surface area contributed by atoms with E-state index >= 15 is 0 Å². The van der Waals surface area contributed by atoms with Gasteiger partial charge in [-0.05, 0) is 83.6 Å². The van der Waals surface area contributed by atoms with Gasteiger partial charge in [0.15, 0.2) is 11.2 Å². The maximum absolute atomic E-state index is 7.20. The summed E-state index contributed by atoms with van der Waals surface area (Å²) in [6.45, 7) is 8.96. The fourth-order valence-corrected chi connectivity index (χ4v) is 10.4. The number of hydrogen-bond donors (Lipinski definition) is 0. The van der Waals surface area contributed by atoms with Crippen LogP contribution in [-0.2, 0) is 0 Å². The summed E-state index contributed by atoms with van der Waals surface area (Å²) in [5.41, 5.74) is 13.7. The fourth-order valence-electron chi connectivity index (χ4n) is 10.4. The molecule has 13 aromatic rings. The molecular weight excluding hydrogens is 821 g/mol. The van der Waals surface area contributed by atoms with Crippen LogP contribution in [0.5, 0.6) is 0 Å². The van der Waals surface area contributed by atoms with Gasteiger partial charge in [0.05, 0.1) is 22.7 Å². The molecule has 0 N–H and O–H groups in total. The Morgan fingerprint density at radius 3 is 1.03 bits per heavy atom. The lowest BCUT2D eigenvalue weighted by molar-refractivity contribution is 0.669. The van der Waals surface area contributed by atoms with Gasteiger partial charge in [-0.2, -0.15) is 0 Å². The Bertz CT molecular complexity index is 3790. The van der Waals surface area contributed by atoms with Crippen LogP contribution in [0.3, 0.4) is 0 Å². The second-order valence-electron chi connectivity index (χ2n) is 18.4. The highest BCUT2D eigenvalue weighted by Crippen LogP contribution is 2.51. The third kappa shape index (κ3) is 6.08. The highest BCUT2D eigenvalue weighted by molar-refractivity contribution is 6.26. The molecule has 0 radical (unpaired) electrons. The van der Waals surface area contributed by atoms with Gasteiger partial charge >= 0.3 is 0 Å². The van der Waals surface area contributed by atoms with Crippen molar-refractivity contribution in [2.45, 2.75) is 39.5 Å². The number of anilines is 6. The molecule has 0 aliphatic heterocycles. The molecule has 10 aromatic carbocycles. The maximum Gasteiger partial charge on any atom is 0.159 e. The molecule has 0 amide bonds. The van der Waals surface area contributed by atoms with E-state index in [1.807, 2.05) is 12.1 Å². The smallest absolute Gasteiger partial charge is 0.159 e. The van der Waals surface area contributed by atoms with Crippen LogP contribution in [0.1, 0.15) is 50.7 Å². The number of furan rings is 3. The summed E-state index contributed by atoms with van der Waals surface area (Å²) in [6, 6.07) is 69.6. The Morgan fingerprint density at radius 1 is 0.284 bits per heavy atom. The summed E-state index contributed by atoms with van der Waals surface area (Å²) in [6.07, 6.45) is 0. The van der Waals surface area contributed by atoms with E-state index in [1.54, 1.807) is 0 Å². The van der Waals surface area contributed by atoms with E-state index in [4.69, 9.17) is 13.3 Å². The molecule has 0 aliphatic carbocycles. The summed E-state index contributed by atoms with van der Waals surface area (Å²) < 4.78 is 20.8. The number of fused-ring (bicyclic) bond motifs is 13. The lowest BCUT2D eigenvalue weighted by Gasteiger charge is -2.28. The van der Waals surface area contributed by atoms with Crippen molar-refractivity contribution in [1.29, 1.82) is 0 Å². The molecule has 0 spiro atoms. The van der Waals surface area contributed by atoms with Gasteiger partial charge in [-0.25, -0.2) is 0 Å². The Balaban J connectivity index is 1.12. The predicted octanol–water partition coefficient (Wildman–Crippen LogP) is 18.9. The quantitative estimate of drug-likeness (QED) is 0.152. The number of rotatable bonds is 8. The SMILES string of the molecule is CC(C)c1ccc(N(c2cc3c4cc(N(c5ccc(C(C)C)cc5)c5cccc6c5oc5ccccc56)c5ccccc5c4oc3c3ccccc23)c2cccc3c2oc2ccccc23)cc1. The lowest BCUT2D eigenvalue weighted by atomic mass is 9.98. The van der Waals surface area contributed by atoms with Crippen LogP contribution >= 0.6 is 0 Å². The van der Waals surface area contributed by atoms with E-state index in [-0.39, 0.29) is 0 Å². The standard InChI is InChI=1S/C62H46N2O3/c1-37(2)39-27-31-41(32-28-39)63(53-23-13-21-49-45-17-9-11-25-57(45)65-61(49)53)55-35-51-52-36-56(44-16-6-8-20-48(44)60(52)67-59(51)47-19-7-5-15-43(47)55)64(42-33-29-40(30-34-42)38(3)4)54-24-14-22-50-46-18-10-12-26-58(46)66-62(50)54/h5-38H,1-4H3. The summed E-state index contributed by atoms with van der Waals surface area (Å²) in [5.74, 6) is 0.790. The van der Waals surface area contributed by atoms with Crippen LogP contribution in [-0.4, -0.2) is 0 Å². The van der Waals surface area contributed by atoms with Crippen molar-refractivity contribution in [3.63, 3.8) is 0 Å². The van der Waals surface area contributed by atoms with E-state index in [9.17, 15) is 0 Å². The molecule has 0 fully saturated rings. The van der Waals surface area contributed by atoms with Gasteiger partial charge in [0, 0.05) is 65.2 Å². The molecule has 5 nitrogen and oxygen atoms in total. The average molecular weight is 867 g/mol. The minimum Gasteiger partial charge on any atom is -0.455 e. The van der Waals surface area contributed by atoms with Gasteiger partial charge in [-0.1, -0.05) is 161 Å². The molecule has 0 saturated heterocycles. The van der Waals surface area contributed by atoms with Crippen molar-refractivity contribution < 1.29 is 13.3 Å². The zero-order chi connectivity index (χ0) is 44.9. The highest BCUT2D eigenvalue weighted by atomic mass is 16.3. The first-order valence-corrected chi connectivity index (χ1v) is 23.3. The zero-order valence-corrected chi connectivity index (χ0v) is 37.7. The molecule has 13 rings (SSSR count). The largest absolute Gasteiger partial charge is 0.455 e. The second-order valence-corrected chi connectivity index (χ2v) is 18.4. The normalized spacial score (nSPS) is 12.1. The topological polar surface area (TPSA) is 45.9 Å². The van der Waals surface area contributed by atoms with Gasteiger partial charge in [-0.3, -0.25) is 0 Å². The van der Waals surface area contributed by atoms with Gasteiger partial charge < -0.3 is 23.1 Å². The Kier molecular flexibility index (Phi) is 8.84. The maximum atomic E-state index is 7.20. The van der Waals surface area contributed by atoms with E-state index in [1.165, 1.54) is 11.1 Å². The number of benzene rings is 10. The molecule has 0 bridgehead atoms. The van der Waals surface area contributed by atoms with E-state index in [0.717, 1.165) is 121 Å². The van der Waals surface area contributed by atoms with Crippen molar-refractivity contribution in [1.82, 2.24) is 0 Å². The Hall–Kier alpha value is -8.28. The fraction of sp³-hybridized carbons (Fsp3) is 0.0968. The van der Waals surface area contributed by atoms with Crippen LogP contribution in [0.2, 0.25) is 0 Å². The third-order valence-corrected chi connectivity index (χ3v) is 13.8. The summed E-state index contributed by atoms with van der Waals surface area (Å²) in [4.78, 5) is 4.75. The molecule has 3 heterocycles. The lowest BCUT2D eigenvalue weighted by Crippen LogP contribution is -2.11. The molecule has 5 heteroatoms. The van der Waals surface area contributed by atoms with Gasteiger partial charge in [-0.15, -0.1) is 0 Å².